The van der Waals surface area contributed by atoms with E-state index in [0.717, 1.165) is 6.42 Å². The minimum absolute atomic E-state index is 0.417. The molecule has 0 aromatic heterocycles. The quantitative estimate of drug-likeness (QED) is 0.454. The molecule has 50 valence electrons. The molecule has 0 saturated heterocycles. The maximum absolute atomic E-state index is 8.19. The molecule has 1 unspecified atom stereocenters. The third-order valence-corrected chi connectivity index (χ3v) is 1.29. The Balaban J connectivity index is 3.07. The van der Waals surface area contributed by atoms with E-state index in [9.17, 15) is 0 Å². The molecule has 1 atom stereocenters. The van der Waals surface area contributed by atoms with E-state index in [0.29, 0.717) is 19.0 Å². The fourth-order valence-electron chi connectivity index (χ4n) is 0.523. The highest BCUT2D eigenvalue weighted by molar-refractivity contribution is 4.56. The van der Waals surface area contributed by atoms with E-state index in [1.54, 1.807) is 0 Å². The molecule has 0 rings (SSSR count). The summed E-state index contributed by atoms with van der Waals surface area (Å²) < 4.78 is 0. The van der Waals surface area contributed by atoms with E-state index in [1.807, 2.05) is 0 Å². The number of nitrogens with two attached hydrogens (primary N) is 1. The van der Waals surface area contributed by atoms with Crippen LogP contribution in [0.2, 0.25) is 0 Å². The molecule has 0 aliphatic carbocycles. The molecule has 0 aliphatic rings. The summed E-state index contributed by atoms with van der Waals surface area (Å²) in [5.74, 6) is 0.417. The maximum Gasteiger partial charge on any atom is 0.0247 e. The van der Waals surface area contributed by atoms with Gasteiger partial charge in [-0.25, -0.2) is 5.48 Å². The lowest BCUT2D eigenvalue weighted by molar-refractivity contribution is 0.149. The average Bonchev–Trinajstić information content (AvgIpc) is 1.83. The lowest BCUT2D eigenvalue weighted by atomic mass is 10.1. The van der Waals surface area contributed by atoms with Crippen LogP contribution in [0.5, 0.6) is 0 Å². The van der Waals surface area contributed by atoms with Crippen LogP contribution >= 0.6 is 0 Å². The predicted octanol–water partition coefficient (Wildman–Crippen LogP) is -0.0499. The molecule has 0 aliphatic heterocycles. The molecule has 3 heteroatoms. The SMILES string of the molecule is CCC(CN)CNO. The van der Waals surface area contributed by atoms with Crippen molar-refractivity contribution in [3.05, 3.63) is 0 Å². The smallest absolute Gasteiger partial charge is 0.0247 e. The van der Waals surface area contributed by atoms with Crippen LogP contribution in [0.3, 0.4) is 0 Å². The predicted molar refractivity (Wildman–Crippen MR) is 32.6 cm³/mol. The van der Waals surface area contributed by atoms with Crippen molar-refractivity contribution in [2.24, 2.45) is 11.7 Å². The molecule has 0 saturated carbocycles. The van der Waals surface area contributed by atoms with E-state index >= 15 is 0 Å². The standard InChI is InChI=1S/C5H14N2O/c1-2-5(3-6)4-7-8/h5,7-8H,2-4,6H2,1H3. The summed E-state index contributed by atoms with van der Waals surface area (Å²) in [7, 11) is 0. The van der Waals surface area contributed by atoms with Gasteiger partial charge in [0.1, 0.15) is 0 Å². The molecule has 4 N–H and O–H groups in total. The summed E-state index contributed by atoms with van der Waals surface area (Å²) in [5, 5.41) is 8.19. The Hall–Kier alpha value is -0.120. The van der Waals surface area contributed by atoms with Crippen LogP contribution in [0.25, 0.3) is 0 Å². The normalized spacial score (nSPS) is 13.9. The van der Waals surface area contributed by atoms with Gasteiger partial charge in [0, 0.05) is 6.54 Å². The van der Waals surface area contributed by atoms with Gasteiger partial charge in [0.15, 0.2) is 0 Å². The molecule has 0 radical (unpaired) electrons. The fraction of sp³-hybridized carbons (Fsp3) is 1.00. The Morgan fingerprint density at radius 1 is 1.75 bits per heavy atom. The van der Waals surface area contributed by atoms with Gasteiger partial charge in [-0.3, -0.25) is 0 Å². The molecule has 0 fully saturated rings. The zero-order valence-corrected chi connectivity index (χ0v) is 5.22. The highest BCUT2D eigenvalue weighted by atomic mass is 16.5. The minimum Gasteiger partial charge on any atom is -0.330 e. The third kappa shape index (κ3) is 2.96. The molecular formula is C5H14N2O. The second kappa shape index (κ2) is 5.03. The van der Waals surface area contributed by atoms with Gasteiger partial charge in [0.05, 0.1) is 0 Å². The first-order chi connectivity index (χ1) is 3.85. The van der Waals surface area contributed by atoms with Gasteiger partial charge >= 0.3 is 0 Å². The van der Waals surface area contributed by atoms with Crippen LogP contribution in [0.4, 0.5) is 0 Å². The fourth-order valence-corrected chi connectivity index (χ4v) is 0.523. The van der Waals surface area contributed by atoms with Crippen molar-refractivity contribution in [3.8, 4) is 0 Å². The molecule has 0 spiro atoms. The van der Waals surface area contributed by atoms with Gasteiger partial charge in [-0.15, -0.1) is 0 Å². The number of hydroxylamine groups is 1. The number of hydrogen-bond acceptors (Lipinski definition) is 3. The Labute approximate surface area is 49.8 Å². The van der Waals surface area contributed by atoms with Gasteiger partial charge < -0.3 is 10.9 Å². The van der Waals surface area contributed by atoms with Crippen LogP contribution in [0.1, 0.15) is 13.3 Å². The van der Waals surface area contributed by atoms with Crippen molar-refractivity contribution in [2.45, 2.75) is 13.3 Å². The monoisotopic (exact) mass is 118 g/mol. The molecule has 0 amide bonds. The lowest BCUT2D eigenvalue weighted by Crippen LogP contribution is -2.25. The van der Waals surface area contributed by atoms with Gasteiger partial charge in [-0.05, 0) is 12.5 Å². The van der Waals surface area contributed by atoms with Crippen molar-refractivity contribution in [1.29, 1.82) is 0 Å². The Bertz CT molecular complexity index is 45.7. The van der Waals surface area contributed by atoms with E-state index in [-0.39, 0.29) is 0 Å². The average molecular weight is 118 g/mol. The van der Waals surface area contributed by atoms with Gasteiger partial charge in [-0.1, -0.05) is 13.3 Å². The van der Waals surface area contributed by atoms with E-state index < -0.39 is 0 Å². The second-order valence-corrected chi connectivity index (χ2v) is 1.87. The van der Waals surface area contributed by atoms with Crippen molar-refractivity contribution in [3.63, 3.8) is 0 Å². The van der Waals surface area contributed by atoms with Gasteiger partial charge in [0.2, 0.25) is 0 Å². The summed E-state index contributed by atoms with van der Waals surface area (Å²) >= 11 is 0. The van der Waals surface area contributed by atoms with Crippen molar-refractivity contribution in [1.82, 2.24) is 5.48 Å². The zero-order valence-electron chi connectivity index (χ0n) is 5.22. The Kier molecular flexibility index (Phi) is 4.95. The van der Waals surface area contributed by atoms with E-state index in [4.69, 9.17) is 10.9 Å². The zero-order chi connectivity index (χ0) is 6.41. The van der Waals surface area contributed by atoms with E-state index in [1.165, 1.54) is 0 Å². The molecule has 0 aromatic rings. The third-order valence-electron chi connectivity index (χ3n) is 1.29. The van der Waals surface area contributed by atoms with Crippen molar-refractivity contribution < 1.29 is 5.21 Å². The Morgan fingerprint density at radius 2 is 2.38 bits per heavy atom. The number of rotatable bonds is 4. The number of nitrogens with one attached hydrogen (secondary N) is 1. The van der Waals surface area contributed by atoms with Crippen LogP contribution < -0.4 is 11.2 Å². The highest BCUT2D eigenvalue weighted by Gasteiger charge is 1.99. The first-order valence-electron chi connectivity index (χ1n) is 2.92. The van der Waals surface area contributed by atoms with E-state index in [2.05, 4.69) is 12.4 Å². The molecule has 0 heterocycles. The number of hydrogen-bond donors (Lipinski definition) is 3. The van der Waals surface area contributed by atoms with Crippen molar-refractivity contribution >= 4 is 0 Å². The summed E-state index contributed by atoms with van der Waals surface area (Å²) in [6, 6.07) is 0. The molecule has 0 aromatic carbocycles. The summed E-state index contributed by atoms with van der Waals surface area (Å²) in [6.07, 6.45) is 1.02. The highest BCUT2D eigenvalue weighted by Crippen LogP contribution is 1.95. The van der Waals surface area contributed by atoms with Crippen LogP contribution in [0.15, 0.2) is 0 Å². The lowest BCUT2D eigenvalue weighted by Gasteiger charge is -2.08. The van der Waals surface area contributed by atoms with Crippen LogP contribution in [0, 0.1) is 5.92 Å². The summed E-state index contributed by atoms with van der Waals surface area (Å²) in [4.78, 5) is 0. The first-order valence-corrected chi connectivity index (χ1v) is 2.92. The van der Waals surface area contributed by atoms with Gasteiger partial charge in [-0.2, -0.15) is 0 Å². The molecule has 8 heavy (non-hydrogen) atoms. The maximum atomic E-state index is 8.19. The summed E-state index contributed by atoms with van der Waals surface area (Å²) in [6.45, 7) is 3.30. The largest absolute Gasteiger partial charge is 0.330 e. The molecule has 3 nitrogen and oxygen atoms in total. The van der Waals surface area contributed by atoms with Crippen LogP contribution in [-0.4, -0.2) is 18.3 Å². The first kappa shape index (κ1) is 7.88. The van der Waals surface area contributed by atoms with Gasteiger partial charge in [0.25, 0.3) is 0 Å². The molecular weight excluding hydrogens is 104 g/mol. The van der Waals surface area contributed by atoms with Crippen LogP contribution in [-0.2, 0) is 0 Å². The second-order valence-electron chi connectivity index (χ2n) is 1.87. The Morgan fingerprint density at radius 3 is 2.50 bits per heavy atom. The minimum atomic E-state index is 0.417. The molecule has 0 bridgehead atoms. The van der Waals surface area contributed by atoms with Crippen molar-refractivity contribution in [2.75, 3.05) is 13.1 Å². The summed E-state index contributed by atoms with van der Waals surface area (Å²) in [5.41, 5.74) is 7.41. The topological polar surface area (TPSA) is 58.3 Å².